The van der Waals surface area contributed by atoms with Crippen molar-refractivity contribution in [3.63, 3.8) is 0 Å². The molecule has 7 nitrogen and oxygen atoms in total. The first-order chi connectivity index (χ1) is 14.1. The Labute approximate surface area is 191 Å². The van der Waals surface area contributed by atoms with Gasteiger partial charge in [-0.2, -0.15) is 0 Å². The van der Waals surface area contributed by atoms with Crippen molar-refractivity contribution in [3.05, 3.63) is 0 Å². The number of amides is 1. The molecule has 31 heavy (non-hydrogen) atoms. The molecule has 0 fully saturated rings. The van der Waals surface area contributed by atoms with Gasteiger partial charge in [0, 0.05) is 26.1 Å². The van der Waals surface area contributed by atoms with E-state index in [1.807, 2.05) is 55.5 Å². The van der Waals surface area contributed by atoms with Crippen LogP contribution in [0.3, 0.4) is 0 Å². The molecule has 0 aromatic rings. The fourth-order valence-corrected chi connectivity index (χ4v) is 2.82. The Balaban J connectivity index is 3.93. The minimum atomic E-state index is -0.317. The van der Waals surface area contributed by atoms with Gasteiger partial charge in [0.15, 0.2) is 0 Å². The van der Waals surface area contributed by atoms with Gasteiger partial charge in [-0.1, -0.05) is 0 Å². The molecule has 0 spiro atoms. The average molecular weight is 447 g/mol. The van der Waals surface area contributed by atoms with E-state index in [9.17, 15) is 4.79 Å². The minimum absolute atomic E-state index is 0.0275. The normalized spacial score (nSPS) is 13.5. The van der Waals surface area contributed by atoms with Crippen LogP contribution < -0.4 is 10.6 Å². The number of rotatable bonds is 17. The van der Waals surface area contributed by atoms with Gasteiger partial charge in [-0.25, -0.2) is 0 Å². The second kappa shape index (κ2) is 13.7. The Bertz CT molecular complexity index is 499. The molecule has 0 saturated carbocycles. The van der Waals surface area contributed by atoms with Crippen molar-refractivity contribution in [3.8, 4) is 0 Å². The highest BCUT2D eigenvalue weighted by molar-refractivity contribution is 5.75. The van der Waals surface area contributed by atoms with Gasteiger partial charge in [0.25, 0.3) is 0 Å². The molecule has 0 aliphatic carbocycles. The first-order valence-corrected chi connectivity index (χ1v) is 11.5. The van der Waals surface area contributed by atoms with Gasteiger partial charge in [-0.15, -0.1) is 0 Å². The Morgan fingerprint density at radius 3 is 1.68 bits per heavy atom. The van der Waals surface area contributed by atoms with E-state index in [0.717, 1.165) is 19.4 Å². The highest BCUT2D eigenvalue weighted by Crippen LogP contribution is 2.18. The SMILES string of the molecule is CNCC(C)(C)OCCC(C)(C)OCCNC(=O)CCOC(C)(C)CCOC(C)(C)C. The molecular weight excluding hydrogens is 396 g/mol. The van der Waals surface area contributed by atoms with Crippen molar-refractivity contribution in [1.29, 1.82) is 0 Å². The molecule has 0 aliphatic rings. The topological polar surface area (TPSA) is 78.0 Å². The second-order valence-electron chi connectivity index (χ2n) is 10.9. The lowest BCUT2D eigenvalue weighted by Gasteiger charge is -2.29. The Hall–Kier alpha value is -0.730. The number of carbonyl (C=O) groups excluding carboxylic acids is 1. The molecule has 0 rings (SSSR count). The van der Waals surface area contributed by atoms with Crippen molar-refractivity contribution in [2.75, 3.05) is 46.6 Å². The third-order valence-corrected chi connectivity index (χ3v) is 4.78. The Morgan fingerprint density at radius 1 is 0.677 bits per heavy atom. The zero-order chi connectivity index (χ0) is 24.2. The van der Waals surface area contributed by atoms with Crippen LogP contribution >= 0.6 is 0 Å². The van der Waals surface area contributed by atoms with Crippen LogP contribution in [0.4, 0.5) is 0 Å². The predicted octanol–water partition coefficient (Wildman–Crippen LogP) is 3.69. The number of carbonyl (C=O) groups is 1. The van der Waals surface area contributed by atoms with Gasteiger partial charge in [0.1, 0.15) is 0 Å². The summed E-state index contributed by atoms with van der Waals surface area (Å²) in [4.78, 5) is 12.0. The average Bonchev–Trinajstić information content (AvgIpc) is 2.56. The van der Waals surface area contributed by atoms with E-state index in [0.29, 0.717) is 39.4 Å². The summed E-state index contributed by atoms with van der Waals surface area (Å²) in [6.07, 6.45) is 1.90. The summed E-state index contributed by atoms with van der Waals surface area (Å²) in [6.45, 7) is 21.8. The maximum Gasteiger partial charge on any atom is 0.222 e. The highest BCUT2D eigenvalue weighted by atomic mass is 16.5. The van der Waals surface area contributed by atoms with Crippen LogP contribution in [0, 0.1) is 0 Å². The van der Waals surface area contributed by atoms with Gasteiger partial charge in [-0.3, -0.25) is 4.79 Å². The lowest BCUT2D eigenvalue weighted by Crippen LogP contribution is -2.38. The van der Waals surface area contributed by atoms with Gasteiger partial charge in [0.2, 0.25) is 5.91 Å². The quantitative estimate of drug-likeness (QED) is 0.332. The highest BCUT2D eigenvalue weighted by Gasteiger charge is 2.23. The van der Waals surface area contributed by atoms with Gasteiger partial charge < -0.3 is 29.6 Å². The van der Waals surface area contributed by atoms with E-state index in [1.54, 1.807) is 0 Å². The summed E-state index contributed by atoms with van der Waals surface area (Å²) in [6, 6.07) is 0. The van der Waals surface area contributed by atoms with Crippen molar-refractivity contribution >= 4 is 5.91 Å². The van der Waals surface area contributed by atoms with Crippen molar-refractivity contribution in [2.24, 2.45) is 0 Å². The van der Waals surface area contributed by atoms with Crippen LogP contribution in [0.15, 0.2) is 0 Å². The van der Waals surface area contributed by atoms with Crippen LogP contribution in [-0.2, 0) is 23.7 Å². The smallest absolute Gasteiger partial charge is 0.222 e. The molecule has 0 aromatic carbocycles. The van der Waals surface area contributed by atoms with E-state index in [2.05, 4.69) is 24.5 Å². The molecule has 0 radical (unpaired) electrons. The molecule has 0 heterocycles. The fourth-order valence-electron chi connectivity index (χ4n) is 2.82. The minimum Gasteiger partial charge on any atom is -0.376 e. The molecule has 0 bridgehead atoms. The van der Waals surface area contributed by atoms with Gasteiger partial charge >= 0.3 is 0 Å². The molecule has 0 aliphatic heterocycles. The van der Waals surface area contributed by atoms with E-state index in [-0.39, 0.29) is 28.3 Å². The molecular formula is C24H50N2O5. The van der Waals surface area contributed by atoms with E-state index < -0.39 is 0 Å². The van der Waals surface area contributed by atoms with Crippen LogP contribution in [-0.4, -0.2) is 74.9 Å². The lowest BCUT2D eigenvalue weighted by molar-refractivity contribution is -0.125. The molecule has 186 valence electrons. The molecule has 0 aromatic heterocycles. The third-order valence-electron chi connectivity index (χ3n) is 4.78. The first kappa shape index (κ1) is 30.3. The van der Waals surface area contributed by atoms with E-state index >= 15 is 0 Å². The van der Waals surface area contributed by atoms with Gasteiger partial charge in [-0.05, 0) is 82.2 Å². The maximum absolute atomic E-state index is 12.0. The van der Waals surface area contributed by atoms with E-state index in [1.165, 1.54) is 0 Å². The van der Waals surface area contributed by atoms with E-state index in [4.69, 9.17) is 18.9 Å². The fraction of sp³-hybridized carbons (Fsp3) is 0.958. The molecule has 0 saturated heterocycles. The molecule has 7 heteroatoms. The van der Waals surface area contributed by atoms with Crippen LogP contribution in [0.25, 0.3) is 0 Å². The predicted molar refractivity (Wildman–Crippen MR) is 127 cm³/mol. The van der Waals surface area contributed by atoms with Crippen molar-refractivity contribution in [2.45, 2.75) is 104 Å². The molecule has 1 amide bonds. The van der Waals surface area contributed by atoms with Gasteiger partial charge in [0.05, 0.1) is 42.2 Å². The van der Waals surface area contributed by atoms with Crippen molar-refractivity contribution in [1.82, 2.24) is 10.6 Å². The van der Waals surface area contributed by atoms with Crippen LogP contribution in [0.2, 0.25) is 0 Å². The zero-order valence-corrected chi connectivity index (χ0v) is 21.9. The number of hydrogen-bond acceptors (Lipinski definition) is 6. The maximum atomic E-state index is 12.0. The number of likely N-dealkylation sites (N-methyl/N-ethyl adjacent to an activating group) is 1. The van der Waals surface area contributed by atoms with Crippen LogP contribution in [0.1, 0.15) is 81.6 Å². The summed E-state index contributed by atoms with van der Waals surface area (Å²) in [5, 5.41) is 6.03. The molecule has 2 N–H and O–H groups in total. The summed E-state index contributed by atoms with van der Waals surface area (Å²) in [5.41, 5.74) is -0.969. The number of nitrogens with one attached hydrogen (secondary N) is 2. The lowest BCUT2D eigenvalue weighted by atomic mass is 10.1. The summed E-state index contributed by atoms with van der Waals surface area (Å²) in [7, 11) is 1.92. The largest absolute Gasteiger partial charge is 0.376 e. The standard InChI is InChI=1S/C24H50N2O5/c1-21(2,3)28-16-12-22(4,5)29-15-11-20(27)26-14-18-31-23(6,7)13-17-30-24(8,9)19-25-10/h25H,11-19H2,1-10H3,(H,26,27). The Morgan fingerprint density at radius 2 is 1.16 bits per heavy atom. The van der Waals surface area contributed by atoms with Crippen LogP contribution in [0.5, 0.6) is 0 Å². The summed E-state index contributed by atoms with van der Waals surface area (Å²) in [5.74, 6) is -0.0275. The zero-order valence-electron chi connectivity index (χ0n) is 21.9. The second-order valence-corrected chi connectivity index (χ2v) is 10.9. The van der Waals surface area contributed by atoms with Crippen molar-refractivity contribution < 1.29 is 23.7 Å². The third kappa shape index (κ3) is 18.5. The number of hydrogen-bond donors (Lipinski definition) is 2. The monoisotopic (exact) mass is 446 g/mol. The molecule has 0 unspecified atom stereocenters. The summed E-state index contributed by atoms with van der Waals surface area (Å²) < 4.78 is 23.5. The molecule has 0 atom stereocenters. The first-order valence-electron chi connectivity index (χ1n) is 11.5. The summed E-state index contributed by atoms with van der Waals surface area (Å²) >= 11 is 0. The number of ether oxygens (including phenoxy) is 4. The Kier molecular flexibility index (Phi) is 13.4.